The van der Waals surface area contributed by atoms with Crippen molar-refractivity contribution in [2.24, 2.45) is 22.7 Å². The minimum Gasteiger partial charge on any atom is -0.460 e. The highest BCUT2D eigenvalue weighted by atomic mass is 16.5. The summed E-state index contributed by atoms with van der Waals surface area (Å²) in [5.74, 6) is 0.229. The molecule has 0 spiro atoms. The van der Waals surface area contributed by atoms with Gasteiger partial charge >= 0.3 is 5.97 Å². The van der Waals surface area contributed by atoms with E-state index in [2.05, 4.69) is 33.8 Å². The molecule has 0 aromatic heterocycles. The van der Waals surface area contributed by atoms with E-state index in [1.165, 1.54) is 11.6 Å². The van der Waals surface area contributed by atoms with Gasteiger partial charge in [0.1, 0.15) is 12.7 Å². The molecule has 0 bridgehead atoms. The molecule has 6 atom stereocenters. The van der Waals surface area contributed by atoms with Crippen LogP contribution in [0.5, 0.6) is 0 Å². The first-order valence-corrected chi connectivity index (χ1v) is 10.5. The molecule has 2 rings (SSSR count). The van der Waals surface area contributed by atoms with Gasteiger partial charge in [0.2, 0.25) is 0 Å². The number of ether oxygens (including phenoxy) is 1. The van der Waals surface area contributed by atoms with E-state index in [-0.39, 0.29) is 29.5 Å². The first-order valence-electron chi connectivity index (χ1n) is 10.5. The molecule has 3 N–H and O–H groups in total. The Morgan fingerprint density at radius 3 is 2.75 bits per heavy atom. The predicted molar refractivity (Wildman–Crippen MR) is 110 cm³/mol. The van der Waals surface area contributed by atoms with Crippen molar-refractivity contribution < 1.29 is 24.9 Å². The van der Waals surface area contributed by atoms with E-state index in [9.17, 15) is 15.0 Å². The minimum atomic E-state index is -1.04. The van der Waals surface area contributed by atoms with E-state index in [1.54, 1.807) is 0 Å². The van der Waals surface area contributed by atoms with E-state index >= 15 is 0 Å². The molecule has 0 amide bonds. The summed E-state index contributed by atoms with van der Waals surface area (Å²) in [6.07, 6.45) is 7.19. The number of hydrogen-bond donors (Lipinski definition) is 3. The van der Waals surface area contributed by atoms with Gasteiger partial charge in [-0.05, 0) is 68.6 Å². The van der Waals surface area contributed by atoms with Crippen LogP contribution in [0.25, 0.3) is 0 Å². The van der Waals surface area contributed by atoms with Crippen LogP contribution in [-0.4, -0.2) is 46.7 Å². The SMILES string of the molecule is CC(=CC(=O)OC[C@H](O)CO)CC[C@]1(C)[C@@H](C)[C@@H](O)C[C@]2(C)C(C)=CCC[C@@H]12. The Morgan fingerprint density at radius 1 is 1.43 bits per heavy atom. The van der Waals surface area contributed by atoms with Crippen LogP contribution < -0.4 is 0 Å². The van der Waals surface area contributed by atoms with Crippen LogP contribution in [-0.2, 0) is 9.53 Å². The Labute approximate surface area is 169 Å². The summed E-state index contributed by atoms with van der Waals surface area (Å²) < 4.78 is 4.96. The number of hydrogen-bond acceptors (Lipinski definition) is 5. The number of esters is 1. The second-order valence-corrected chi connectivity index (χ2v) is 9.46. The van der Waals surface area contributed by atoms with Crippen molar-refractivity contribution in [1.82, 2.24) is 0 Å². The van der Waals surface area contributed by atoms with Gasteiger partial charge in [-0.15, -0.1) is 0 Å². The Hall–Kier alpha value is -1.17. The van der Waals surface area contributed by atoms with Gasteiger partial charge in [0.15, 0.2) is 0 Å². The Kier molecular flexibility index (Phi) is 7.51. The molecule has 5 nitrogen and oxygen atoms in total. The summed E-state index contributed by atoms with van der Waals surface area (Å²) in [7, 11) is 0. The van der Waals surface area contributed by atoms with Crippen LogP contribution in [0.15, 0.2) is 23.3 Å². The lowest BCUT2D eigenvalue weighted by atomic mass is 9.46. The molecule has 0 aliphatic heterocycles. The molecule has 0 aromatic carbocycles. The molecule has 0 saturated heterocycles. The average molecular weight is 395 g/mol. The van der Waals surface area contributed by atoms with E-state index in [0.29, 0.717) is 5.92 Å². The first kappa shape index (κ1) is 23.1. The van der Waals surface area contributed by atoms with Crippen LogP contribution in [0.3, 0.4) is 0 Å². The molecular weight excluding hydrogens is 356 g/mol. The maximum absolute atomic E-state index is 11.9. The van der Waals surface area contributed by atoms with Crippen molar-refractivity contribution in [3.05, 3.63) is 23.3 Å². The highest BCUT2D eigenvalue weighted by molar-refractivity contribution is 5.82. The molecule has 1 saturated carbocycles. The van der Waals surface area contributed by atoms with Crippen LogP contribution in [0.4, 0.5) is 0 Å². The number of aliphatic hydroxyl groups excluding tert-OH is 3. The summed E-state index contributed by atoms with van der Waals surface area (Å²) in [4.78, 5) is 11.9. The fourth-order valence-corrected chi connectivity index (χ4v) is 5.44. The summed E-state index contributed by atoms with van der Waals surface area (Å²) in [5.41, 5.74) is 2.37. The monoisotopic (exact) mass is 394 g/mol. The summed E-state index contributed by atoms with van der Waals surface area (Å²) in [5, 5.41) is 28.9. The molecule has 0 unspecified atom stereocenters. The van der Waals surface area contributed by atoms with E-state index in [0.717, 1.165) is 37.7 Å². The molecule has 160 valence electrons. The van der Waals surface area contributed by atoms with Gasteiger partial charge in [-0.25, -0.2) is 4.79 Å². The molecule has 0 radical (unpaired) electrons. The lowest BCUT2D eigenvalue weighted by molar-refractivity contribution is -0.141. The van der Waals surface area contributed by atoms with Gasteiger partial charge in [-0.2, -0.15) is 0 Å². The fourth-order valence-electron chi connectivity index (χ4n) is 5.44. The fraction of sp³-hybridized carbons (Fsp3) is 0.783. The number of allylic oxidation sites excluding steroid dienone is 3. The zero-order valence-electron chi connectivity index (χ0n) is 18.1. The molecule has 0 heterocycles. The summed E-state index contributed by atoms with van der Waals surface area (Å²) in [6.45, 7) is 10.3. The molecule has 1 fully saturated rings. The summed E-state index contributed by atoms with van der Waals surface area (Å²) >= 11 is 0. The third kappa shape index (κ3) is 4.69. The van der Waals surface area contributed by atoms with E-state index in [1.807, 2.05) is 6.92 Å². The van der Waals surface area contributed by atoms with Crippen molar-refractivity contribution in [3.63, 3.8) is 0 Å². The topological polar surface area (TPSA) is 87.0 Å². The van der Waals surface area contributed by atoms with Gasteiger partial charge in [0.25, 0.3) is 0 Å². The van der Waals surface area contributed by atoms with Crippen LogP contribution >= 0.6 is 0 Å². The van der Waals surface area contributed by atoms with Gasteiger partial charge in [-0.1, -0.05) is 38.0 Å². The number of fused-ring (bicyclic) bond motifs is 1. The Morgan fingerprint density at radius 2 is 2.11 bits per heavy atom. The van der Waals surface area contributed by atoms with Crippen molar-refractivity contribution in [3.8, 4) is 0 Å². The zero-order chi connectivity index (χ0) is 21.1. The normalized spacial score (nSPS) is 37.1. The smallest absolute Gasteiger partial charge is 0.330 e. The predicted octanol–water partition coefficient (Wildman–Crippen LogP) is 3.38. The zero-order valence-corrected chi connectivity index (χ0v) is 18.1. The molecule has 0 aromatic rings. The standard InChI is InChI=1S/C23H38O5/c1-15(11-21(27)28-14-18(25)13-24)9-10-22(4)17(3)19(26)12-23(5)16(2)7-6-8-20(22)23/h7,11,17-20,24-26H,6,8-10,12-14H2,1-5H3/t17-,18+,19-,20-,22+,23+/m0/s1. The number of carbonyl (C=O) groups is 1. The van der Waals surface area contributed by atoms with Crippen molar-refractivity contribution >= 4 is 5.97 Å². The molecular formula is C23H38O5. The maximum Gasteiger partial charge on any atom is 0.330 e. The van der Waals surface area contributed by atoms with E-state index < -0.39 is 18.7 Å². The highest BCUT2D eigenvalue weighted by Crippen LogP contribution is 2.61. The quantitative estimate of drug-likeness (QED) is 0.350. The second kappa shape index (κ2) is 9.10. The van der Waals surface area contributed by atoms with E-state index in [4.69, 9.17) is 9.84 Å². The van der Waals surface area contributed by atoms with Crippen LogP contribution in [0.2, 0.25) is 0 Å². The third-order valence-corrected chi connectivity index (χ3v) is 7.67. The van der Waals surface area contributed by atoms with Crippen molar-refractivity contribution in [2.75, 3.05) is 13.2 Å². The van der Waals surface area contributed by atoms with Gasteiger partial charge in [0, 0.05) is 6.08 Å². The third-order valence-electron chi connectivity index (χ3n) is 7.67. The second-order valence-electron chi connectivity index (χ2n) is 9.46. The Balaban J connectivity index is 2.09. The number of carbonyl (C=O) groups excluding carboxylic acids is 1. The van der Waals surface area contributed by atoms with Gasteiger partial charge in [0.05, 0.1) is 12.7 Å². The molecule has 2 aliphatic rings. The lowest BCUT2D eigenvalue weighted by Crippen LogP contribution is -2.55. The maximum atomic E-state index is 11.9. The Bertz CT molecular complexity index is 624. The average Bonchev–Trinajstić information content (AvgIpc) is 2.64. The highest BCUT2D eigenvalue weighted by Gasteiger charge is 2.55. The molecule has 28 heavy (non-hydrogen) atoms. The largest absolute Gasteiger partial charge is 0.460 e. The lowest BCUT2D eigenvalue weighted by Gasteiger charge is -2.59. The molecule has 5 heteroatoms. The summed E-state index contributed by atoms with van der Waals surface area (Å²) in [6, 6.07) is 0. The van der Waals surface area contributed by atoms with Crippen molar-refractivity contribution in [1.29, 1.82) is 0 Å². The number of rotatable bonds is 7. The van der Waals surface area contributed by atoms with Crippen molar-refractivity contribution in [2.45, 2.75) is 78.9 Å². The van der Waals surface area contributed by atoms with Gasteiger partial charge < -0.3 is 20.1 Å². The first-order chi connectivity index (χ1) is 13.0. The molecule has 2 aliphatic carbocycles. The van der Waals surface area contributed by atoms with Gasteiger partial charge in [-0.3, -0.25) is 0 Å². The number of aliphatic hydroxyl groups is 3. The van der Waals surface area contributed by atoms with Crippen LogP contribution in [0.1, 0.15) is 66.7 Å². The minimum absolute atomic E-state index is 0.00593. The van der Waals surface area contributed by atoms with Crippen LogP contribution in [0, 0.1) is 22.7 Å².